The van der Waals surface area contributed by atoms with Gasteiger partial charge >= 0.3 is 0 Å². The van der Waals surface area contributed by atoms with Crippen LogP contribution in [0.15, 0.2) is 34.8 Å². The molecule has 0 bridgehead atoms. The maximum atomic E-state index is 6.08. The molecule has 0 aliphatic carbocycles. The SMILES string of the molecule is COc1ccc(Br)c(CNc2nnnn2C)c1OCc1ccc(Cl)c(Cl)c1. The molecule has 1 aromatic heterocycles. The molecular weight excluding hydrogens is 457 g/mol. The van der Waals surface area contributed by atoms with Crippen molar-refractivity contribution in [1.29, 1.82) is 0 Å². The van der Waals surface area contributed by atoms with E-state index in [9.17, 15) is 0 Å². The molecule has 0 aliphatic heterocycles. The summed E-state index contributed by atoms with van der Waals surface area (Å²) in [6.07, 6.45) is 0. The van der Waals surface area contributed by atoms with Gasteiger partial charge < -0.3 is 14.8 Å². The van der Waals surface area contributed by atoms with Crippen molar-refractivity contribution in [2.45, 2.75) is 13.2 Å². The fourth-order valence-corrected chi connectivity index (χ4v) is 3.17. The fourth-order valence-electron chi connectivity index (χ4n) is 2.40. The summed E-state index contributed by atoms with van der Waals surface area (Å²) in [5.41, 5.74) is 1.76. The Labute approximate surface area is 174 Å². The number of anilines is 1. The van der Waals surface area contributed by atoms with Crippen molar-refractivity contribution >= 4 is 45.1 Å². The van der Waals surface area contributed by atoms with E-state index in [1.807, 2.05) is 18.2 Å². The number of nitrogens with zero attached hydrogens (tertiary/aromatic N) is 4. The van der Waals surface area contributed by atoms with Gasteiger partial charge in [-0.2, -0.15) is 0 Å². The molecule has 142 valence electrons. The van der Waals surface area contributed by atoms with E-state index >= 15 is 0 Å². The van der Waals surface area contributed by atoms with E-state index in [0.717, 1.165) is 15.6 Å². The third-order valence-corrected chi connectivity index (χ3v) is 5.28. The minimum Gasteiger partial charge on any atom is -0.493 e. The normalized spacial score (nSPS) is 10.7. The number of tetrazole rings is 1. The summed E-state index contributed by atoms with van der Waals surface area (Å²) < 4.78 is 13.9. The van der Waals surface area contributed by atoms with Crippen LogP contribution >= 0.6 is 39.1 Å². The van der Waals surface area contributed by atoms with Gasteiger partial charge in [0.05, 0.1) is 17.2 Å². The molecule has 10 heteroatoms. The van der Waals surface area contributed by atoms with E-state index in [-0.39, 0.29) is 0 Å². The number of halogens is 3. The third kappa shape index (κ3) is 4.63. The highest BCUT2D eigenvalue weighted by molar-refractivity contribution is 9.10. The molecule has 3 aromatic rings. The highest BCUT2D eigenvalue weighted by atomic mass is 79.9. The largest absolute Gasteiger partial charge is 0.493 e. The van der Waals surface area contributed by atoms with Crippen LogP contribution in [0.25, 0.3) is 0 Å². The van der Waals surface area contributed by atoms with Gasteiger partial charge in [-0.3, -0.25) is 0 Å². The molecule has 0 spiro atoms. The molecule has 1 N–H and O–H groups in total. The summed E-state index contributed by atoms with van der Waals surface area (Å²) in [6.45, 7) is 0.741. The fraction of sp³-hybridized carbons (Fsp3) is 0.235. The quantitative estimate of drug-likeness (QED) is 0.546. The van der Waals surface area contributed by atoms with Crippen molar-refractivity contribution in [3.63, 3.8) is 0 Å². The number of hydrogen-bond donors (Lipinski definition) is 1. The van der Waals surface area contributed by atoms with Crippen LogP contribution in [0.4, 0.5) is 5.95 Å². The number of nitrogens with one attached hydrogen (secondary N) is 1. The Kier molecular flexibility index (Phi) is 6.41. The first-order valence-electron chi connectivity index (χ1n) is 7.88. The summed E-state index contributed by atoms with van der Waals surface area (Å²) in [4.78, 5) is 0. The molecule has 0 unspecified atom stereocenters. The maximum absolute atomic E-state index is 6.08. The highest BCUT2D eigenvalue weighted by Crippen LogP contribution is 2.37. The molecule has 0 saturated carbocycles. The van der Waals surface area contributed by atoms with Crippen molar-refractivity contribution < 1.29 is 9.47 Å². The van der Waals surface area contributed by atoms with E-state index in [2.05, 4.69) is 36.8 Å². The molecule has 0 amide bonds. The minimum absolute atomic E-state index is 0.308. The van der Waals surface area contributed by atoms with Gasteiger partial charge in [-0.25, -0.2) is 4.68 Å². The second-order valence-corrected chi connectivity index (χ2v) is 7.24. The average Bonchev–Trinajstić information content (AvgIpc) is 3.07. The molecule has 3 rings (SSSR count). The number of hydrogen-bond acceptors (Lipinski definition) is 6. The Hall–Kier alpha value is -2.03. The molecule has 1 heterocycles. The molecule has 2 aromatic carbocycles. The van der Waals surface area contributed by atoms with Crippen LogP contribution in [0.1, 0.15) is 11.1 Å². The molecule has 0 atom stereocenters. The zero-order valence-corrected chi connectivity index (χ0v) is 17.6. The first-order valence-corrected chi connectivity index (χ1v) is 9.42. The summed E-state index contributed by atoms with van der Waals surface area (Å²) in [5, 5.41) is 15.5. The Bertz CT molecular complexity index is 951. The topological polar surface area (TPSA) is 74.1 Å². The summed E-state index contributed by atoms with van der Waals surface area (Å²) in [5.74, 6) is 1.77. The summed E-state index contributed by atoms with van der Waals surface area (Å²) in [6, 6.07) is 9.11. The first kappa shape index (κ1) is 19.7. The second-order valence-electron chi connectivity index (χ2n) is 5.57. The van der Waals surface area contributed by atoms with Crippen LogP contribution in [0.3, 0.4) is 0 Å². The smallest absolute Gasteiger partial charge is 0.242 e. The van der Waals surface area contributed by atoms with Crippen molar-refractivity contribution in [2.24, 2.45) is 7.05 Å². The molecule has 0 saturated heterocycles. The second kappa shape index (κ2) is 8.77. The van der Waals surface area contributed by atoms with Crippen LogP contribution in [-0.4, -0.2) is 27.3 Å². The lowest BCUT2D eigenvalue weighted by Gasteiger charge is -2.17. The van der Waals surface area contributed by atoms with Gasteiger partial charge in [-0.15, -0.1) is 0 Å². The van der Waals surface area contributed by atoms with Crippen molar-refractivity contribution in [3.8, 4) is 11.5 Å². The van der Waals surface area contributed by atoms with Crippen LogP contribution < -0.4 is 14.8 Å². The number of methoxy groups -OCH3 is 1. The Morgan fingerprint density at radius 3 is 2.67 bits per heavy atom. The van der Waals surface area contributed by atoms with E-state index in [4.69, 9.17) is 32.7 Å². The number of ether oxygens (including phenoxy) is 2. The van der Waals surface area contributed by atoms with Gasteiger partial charge in [0, 0.05) is 23.6 Å². The van der Waals surface area contributed by atoms with Crippen LogP contribution in [-0.2, 0) is 20.2 Å². The Balaban J connectivity index is 1.84. The van der Waals surface area contributed by atoms with E-state index in [1.54, 1.807) is 31.0 Å². The van der Waals surface area contributed by atoms with Gasteiger partial charge in [0.15, 0.2) is 11.5 Å². The van der Waals surface area contributed by atoms with Crippen LogP contribution in [0, 0.1) is 0 Å². The zero-order valence-electron chi connectivity index (χ0n) is 14.5. The summed E-state index contributed by atoms with van der Waals surface area (Å²) >= 11 is 15.6. The monoisotopic (exact) mass is 471 g/mol. The van der Waals surface area contributed by atoms with Crippen LogP contribution in [0.2, 0.25) is 10.0 Å². The standard InChI is InChI=1S/C17H16BrCl2N5O2/c1-25-17(22-23-24-25)21-8-11-12(18)4-6-15(26-2)16(11)27-9-10-3-5-13(19)14(20)7-10/h3-7H,8-9H2,1-2H3,(H,21,22,24). The molecule has 0 aliphatic rings. The average molecular weight is 473 g/mol. The molecule has 27 heavy (non-hydrogen) atoms. The number of aromatic nitrogens is 4. The van der Waals surface area contributed by atoms with E-state index in [0.29, 0.717) is 40.6 Å². The third-order valence-electron chi connectivity index (χ3n) is 3.80. The van der Waals surface area contributed by atoms with Crippen molar-refractivity contribution in [3.05, 3.63) is 56.0 Å². The van der Waals surface area contributed by atoms with Gasteiger partial charge in [0.1, 0.15) is 6.61 Å². The maximum Gasteiger partial charge on any atom is 0.242 e. The van der Waals surface area contributed by atoms with Gasteiger partial charge in [0.25, 0.3) is 0 Å². The van der Waals surface area contributed by atoms with Gasteiger partial charge in [-0.1, -0.05) is 50.3 Å². The predicted octanol–water partition coefficient (Wildman–Crippen LogP) is 4.48. The highest BCUT2D eigenvalue weighted by Gasteiger charge is 2.16. The van der Waals surface area contributed by atoms with E-state index in [1.165, 1.54) is 0 Å². The lowest BCUT2D eigenvalue weighted by atomic mass is 10.1. The Morgan fingerprint density at radius 2 is 2.00 bits per heavy atom. The molecule has 7 nitrogen and oxygen atoms in total. The zero-order chi connectivity index (χ0) is 19.4. The van der Waals surface area contributed by atoms with Crippen molar-refractivity contribution in [1.82, 2.24) is 20.2 Å². The van der Waals surface area contributed by atoms with Gasteiger partial charge in [0.2, 0.25) is 5.95 Å². The molecule has 0 fully saturated rings. The lowest BCUT2D eigenvalue weighted by molar-refractivity contribution is 0.281. The number of benzene rings is 2. The Morgan fingerprint density at radius 1 is 1.19 bits per heavy atom. The minimum atomic E-state index is 0.308. The predicted molar refractivity (Wildman–Crippen MR) is 108 cm³/mol. The lowest BCUT2D eigenvalue weighted by Crippen LogP contribution is -2.09. The van der Waals surface area contributed by atoms with Crippen molar-refractivity contribution in [2.75, 3.05) is 12.4 Å². The van der Waals surface area contributed by atoms with Gasteiger partial charge in [-0.05, 0) is 40.3 Å². The molecule has 0 radical (unpaired) electrons. The first-order chi connectivity index (χ1) is 13.0. The number of rotatable bonds is 7. The molecular formula is C17H16BrCl2N5O2. The van der Waals surface area contributed by atoms with Crippen LogP contribution in [0.5, 0.6) is 11.5 Å². The summed E-state index contributed by atoms with van der Waals surface area (Å²) in [7, 11) is 3.35. The number of aryl methyl sites for hydroxylation is 1. The van der Waals surface area contributed by atoms with E-state index < -0.39 is 0 Å².